The Morgan fingerprint density at radius 1 is 0.556 bits per heavy atom. The van der Waals surface area contributed by atoms with Crippen molar-refractivity contribution in [1.29, 1.82) is 0 Å². The molecule has 228 valence electrons. The quantitative estimate of drug-likeness (QED) is 0.141. The number of fused-ring (bicyclic) bond motifs is 1. The number of hydrogen-bond donors (Lipinski definition) is 4. The summed E-state index contributed by atoms with van der Waals surface area (Å²) in [5.41, 5.74) is 1.70. The van der Waals surface area contributed by atoms with Gasteiger partial charge in [0.25, 0.3) is 20.2 Å². The van der Waals surface area contributed by atoms with Crippen LogP contribution in [-0.4, -0.2) is 36.2 Å². The highest BCUT2D eigenvalue weighted by atomic mass is 32.2. The number of aromatic hydroxyl groups is 1. The number of rotatable bonds is 8. The van der Waals surface area contributed by atoms with Gasteiger partial charge >= 0.3 is 0 Å². The second-order valence-electron chi connectivity index (χ2n) is 9.40. The molecule has 16 heteroatoms. The lowest BCUT2D eigenvalue weighted by molar-refractivity contribution is 0.411. The Morgan fingerprint density at radius 2 is 1.04 bits per heavy atom. The van der Waals surface area contributed by atoms with Gasteiger partial charge in [0.15, 0.2) is 0 Å². The van der Waals surface area contributed by atoms with E-state index in [2.05, 4.69) is 30.7 Å². The maximum absolute atomic E-state index is 12.2. The number of hydrogen-bond acceptors (Lipinski definition) is 12. The van der Waals surface area contributed by atoms with Crippen LogP contribution in [0.3, 0.4) is 0 Å². The molecule has 1 atom stereocenters. The average molecular weight is 647 g/mol. The molecule has 0 radical (unpaired) electrons. The Bertz CT molecular complexity index is 2100. The van der Waals surface area contributed by atoms with E-state index in [-0.39, 0.29) is 21.9 Å². The monoisotopic (exact) mass is 646 g/mol. The van der Waals surface area contributed by atoms with Crippen molar-refractivity contribution >= 4 is 43.0 Å². The zero-order valence-electron chi connectivity index (χ0n) is 22.8. The third kappa shape index (κ3) is 7.76. The lowest BCUT2D eigenvalue weighted by atomic mass is 9.92. The standard InChI is InChI=1S/C29H22N6O8S2/c36-24-11-6-21(7-12-24)32-34-23-10-15-26-18(17-23)1-16-27(45(41,42)43)28(29(26)37)35-33-20-4-2-19(3-5-20)30-31-22-8-13-25(14-9-22)44(38,39)40/h1-18,36-37H,(H,38,39,40)(H,41,42,43). The van der Waals surface area contributed by atoms with Gasteiger partial charge in [0.1, 0.15) is 22.1 Å². The molecule has 2 aliphatic carbocycles. The number of allylic oxidation sites excluding steroid dienone is 6. The van der Waals surface area contributed by atoms with Crippen molar-refractivity contribution in [1.82, 2.24) is 0 Å². The van der Waals surface area contributed by atoms with Crippen LogP contribution in [-0.2, 0) is 20.2 Å². The lowest BCUT2D eigenvalue weighted by Gasteiger charge is -2.15. The zero-order chi connectivity index (χ0) is 32.2. The normalized spacial score (nSPS) is 17.4. The molecule has 1 unspecified atom stereocenters. The minimum Gasteiger partial charge on any atom is -0.508 e. The third-order valence-corrected chi connectivity index (χ3v) is 8.02. The highest BCUT2D eigenvalue weighted by molar-refractivity contribution is 7.90. The van der Waals surface area contributed by atoms with Crippen LogP contribution in [0.4, 0.5) is 22.7 Å². The van der Waals surface area contributed by atoms with E-state index >= 15 is 0 Å². The molecule has 0 saturated heterocycles. The van der Waals surface area contributed by atoms with Crippen LogP contribution in [0.2, 0.25) is 0 Å². The van der Waals surface area contributed by atoms with Crippen molar-refractivity contribution in [3.8, 4) is 5.75 Å². The Morgan fingerprint density at radius 3 is 1.58 bits per heavy atom. The summed E-state index contributed by atoms with van der Waals surface area (Å²) in [6.07, 6.45) is 7.28. The molecule has 0 heterocycles. The number of phenols is 1. The molecule has 0 aliphatic heterocycles. The second kappa shape index (κ2) is 12.7. The number of phenolic OH excluding ortho intramolecular Hbond substituents is 1. The fraction of sp³-hybridized carbons (Fsp3) is 0.0345. The van der Waals surface area contributed by atoms with E-state index in [1.54, 1.807) is 24.3 Å². The molecule has 0 fully saturated rings. The number of aliphatic hydroxyl groups is 1. The Hall–Kier alpha value is -5.42. The predicted molar refractivity (Wildman–Crippen MR) is 162 cm³/mol. The largest absolute Gasteiger partial charge is 0.508 e. The molecule has 0 spiro atoms. The predicted octanol–water partition coefficient (Wildman–Crippen LogP) is 7.47. The summed E-state index contributed by atoms with van der Waals surface area (Å²) in [4.78, 5) is -0.941. The summed E-state index contributed by atoms with van der Waals surface area (Å²) >= 11 is 0. The van der Waals surface area contributed by atoms with E-state index in [4.69, 9.17) is 4.55 Å². The number of nitrogens with zero attached hydrogens (tertiary/aromatic N) is 6. The van der Waals surface area contributed by atoms with Gasteiger partial charge in [-0.15, -0.1) is 5.11 Å². The van der Waals surface area contributed by atoms with Crippen LogP contribution in [0, 0.1) is 5.92 Å². The SMILES string of the molecule is O=S(=O)(O)C1=C(N=Nc2ccc(N=Nc3ccc(S(=O)(=O)O)cc3)cc2)C(O)=C2C=CC(N=Nc3ccc(O)cc3)=CC2C=C1. The molecule has 0 saturated carbocycles. The minimum atomic E-state index is -4.83. The molecule has 4 N–H and O–H groups in total. The van der Waals surface area contributed by atoms with E-state index in [9.17, 15) is 31.6 Å². The van der Waals surface area contributed by atoms with Crippen LogP contribution in [0.1, 0.15) is 0 Å². The van der Waals surface area contributed by atoms with Gasteiger partial charge < -0.3 is 10.2 Å². The topological polar surface area (TPSA) is 223 Å². The summed E-state index contributed by atoms with van der Waals surface area (Å²) in [6, 6.07) is 17.2. The van der Waals surface area contributed by atoms with Crippen LogP contribution < -0.4 is 0 Å². The van der Waals surface area contributed by atoms with Gasteiger partial charge in [0.05, 0.1) is 33.3 Å². The van der Waals surface area contributed by atoms with Gasteiger partial charge in [-0.3, -0.25) is 9.11 Å². The maximum Gasteiger partial charge on any atom is 0.296 e. The van der Waals surface area contributed by atoms with Crippen molar-refractivity contribution in [2.75, 3.05) is 0 Å². The minimum absolute atomic E-state index is 0.0833. The van der Waals surface area contributed by atoms with Crippen LogP contribution in [0.5, 0.6) is 5.75 Å². The molecule has 3 aromatic rings. The molecule has 0 bridgehead atoms. The Labute approximate surface area is 256 Å². The molecule has 2 aliphatic rings. The zero-order valence-corrected chi connectivity index (χ0v) is 24.4. The fourth-order valence-electron chi connectivity index (χ4n) is 4.04. The molecule has 14 nitrogen and oxygen atoms in total. The first-order chi connectivity index (χ1) is 21.4. The lowest BCUT2D eigenvalue weighted by Crippen LogP contribution is -2.06. The molecule has 45 heavy (non-hydrogen) atoms. The van der Waals surface area contributed by atoms with E-state index in [1.165, 1.54) is 72.8 Å². The first-order valence-electron chi connectivity index (χ1n) is 12.8. The Balaban J connectivity index is 1.36. The molecule has 5 rings (SSSR count). The van der Waals surface area contributed by atoms with Crippen molar-refractivity contribution in [3.63, 3.8) is 0 Å². The van der Waals surface area contributed by atoms with Crippen LogP contribution >= 0.6 is 0 Å². The molecular formula is C29H22N6O8S2. The first kappa shape index (κ1) is 31.0. The van der Waals surface area contributed by atoms with Gasteiger partial charge in [-0.05, 0) is 91.0 Å². The number of aliphatic hydroxyl groups excluding tert-OH is 1. The molecular weight excluding hydrogens is 624 g/mol. The smallest absolute Gasteiger partial charge is 0.296 e. The second-order valence-corrected chi connectivity index (χ2v) is 12.2. The van der Waals surface area contributed by atoms with Gasteiger partial charge in [0.2, 0.25) is 0 Å². The van der Waals surface area contributed by atoms with Crippen molar-refractivity contribution < 1.29 is 36.2 Å². The van der Waals surface area contributed by atoms with Crippen LogP contribution in [0.25, 0.3) is 0 Å². The summed E-state index contributed by atoms with van der Waals surface area (Å²) in [6.45, 7) is 0. The maximum atomic E-state index is 12.2. The van der Waals surface area contributed by atoms with Gasteiger partial charge in [-0.1, -0.05) is 12.2 Å². The Kier molecular flexibility index (Phi) is 8.73. The van der Waals surface area contributed by atoms with Crippen molar-refractivity contribution in [2.24, 2.45) is 36.6 Å². The first-order valence-corrected chi connectivity index (χ1v) is 15.7. The highest BCUT2D eigenvalue weighted by Gasteiger charge is 2.28. The van der Waals surface area contributed by atoms with E-state index in [0.29, 0.717) is 22.8 Å². The van der Waals surface area contributed by atoms with Crippen LogP contribution in [0.15, 0.2) is 166 Å². The van der Waals surface area contributed by atoms with E-state index in [1.807, 2.05) is 0 Å². The number of benzene rings is 3. The number of azo groups is 3. The van der Waals surface area contributed by atoms with Gasteiger partial charge in [-0.2, -0.15) is 42.4 Å². The summed E-state index contributed by atoms with van der Waals surface area (Å²) < 4.78 is 65.7. The fourth-order valence-corrected chi connectivity index (χ4v) is 5.15. The van der Waals surface area contributed by atoms with E-state index < -0.39 is 42.5 Å². The van der Waals surface area contributed by atoms with E-state index in [0.717, 1.165) is 6.08 Å². The van der Waals surface area contributed by atoms with Gasteiger partial charge in [0, 0.05) is 11.5 Å². The summed E-state index contributed by atoms with van der Waals surface area (Å²) in [5, 5.41) is 44.7. The van der Waals surface area contributed by atoms with Gasteiger partial charge in [-0.25, -0.2) is 0 Å². The van der Waals surface area contributed by atoms with Crippen molar-refractivity contribution in [2.45, 2.75) is 4.90 Å². The summed E-state index contributed by atoms with van der Waals surface area (Å²) in [5.74, 6) is -1.07. The summed E-state index contributed by atoms with van der Waals surface area (Å²) in [7, 11) is -9.16. The van der Waals surface area contributed by atoms with Crippen molar-refractivity contribution in [3.05, 3.63) is 131 Å². The molecule has 3 aromatic carbocycles. The molecule has 0 aromatic heterocycles. The molecule has 0 amide bonds. The highest BCUT2D eigenvalue weighted by Crippen LogP contribution is 2.36. The third-order valence-electron chi connectivity index (χ3n) is 6.27. The average Bonchev–Trinajstić information content (AvgIpc) is 3.14.